The highest BCUT2D eigenvalue weighted by atomic mass is 32.2. The Morgan fingerprint density at radius 2 is 1.70 bits per heavy atom. The van der Waals surface area contributed by atoms with Crippen molar-refractivity contribution in [2.45, 2.75) is 31.7 Å². The summed E-state index contributed by atoms with van der Waals surface area (Å²) in [5.41, 5.74) is 3.48. The van der Waals surface area contributed by atoms with Crippen LogP contribution in [0.3, 0.4) is 0 Å². The minimum atomic E-state index is -3.94. The van der Waals surface area contributed by atoms with Gasteiger partial charge < -0.3 is 10.1 Å². The second kappa shape index (κ2) is 7.32. The van der Waals surface area contributed by atoms with Crippen LogP contribution >= 0.6 is 0 Å². The van der Waals surface area contributed by atoms with Crippen LogP contribution in [0.15, 0.2) is 41.3 Å². The Morgan fingerprint density at radius 3 is 2.33 bits per heavy atom. The molecule has 1 N–H and O–H groups in total. The maximum atomic E-state index is 13.5. The smallest absolute Gasteiger partial charge is 0.247 e. The topological polar surface area (TPSA) is 75.7 Å². The molecule has 1 fully saturated rings. The van der Waals surface area contributed by atoms with Crippen LogP contribution in [0.4, 0.5) is 0 Å². The number of benzene rings is 2. The van der Waals surface area contributed by atoms with Crippen LogP contribution in [0.2, 0.25) is 0 Å². The van der Waals surface area contributed by atoms with Crippen molar-refractivity contribution in [2.24, 2.45) is 0 Å². The number of hydrogen-bond acceptors (Lipinski definition) is 4. The molecule has 1 unspecified atom stereocenters. The summed E-state index contributed by atoms with van der Waals surface area (Å²) in [4.78, 5) is 12.7. The van der Waals surface area contributed by atoms with Gasteiger partial charge in [0.25, 0.3) is 0 Å². The fourth-order valence-corrected chi connectivity index (χ4v) is 5.02. The molecule has 2 aromatic rings. The number of amides is 1. The summed E-state index contributed by atoms with van der Waals surface area (Å²) in [5.74, 6) is -0.0387. The van der Waals surface area contributed by atoms with Crippen molar-refractivity contribution in [1.29, 1.82) is 0 Å². The van der Waals surface area contributed by atoms with Crippen LogP contribution in [0.1, 0.15) is 28.3 Å². The number of hydrogen-bond donors (Lipinski definition) is 1. The quantitative estimate of drug-likeness (QED) is 0.873. The largest absolute Gasteiger partial charge is 0.495 e. The van der Waals surface area contributed by atoms with E-state index in [1.165, 1.54) is 11.4 Å². The van der Waals surface area contributed by atoms with Gasteiger partial charge in [0.1, 0.15) is 16.7 Å². The van der Waals surface area contributed by atoms with Crippen LogP contribution in [-0.2, 0) is 14.8 Å². The second-order valence-corrected chi connectivity index (χ2v) is 8.67. The van der Waals surface area contributed by atoms with Gasteiger partial charge in [-0.1, -0.05) is 29.8 Å². The number of nitrogens with zero attached hydrogens (tertiary/aromatic N) is 1. The predicted molar refractivity (Wildman–Crippen MR) is 103 cm³/mol. The molecule has 1 heterocycles. The number of aryl methyl sites for hydroxylation is 3. The summed E-state index contributed by atoms with van der Waals surface area (Å²) in [6.07, 6.45) is 0. The molecule has 0 radical (unpaired) electrons. The Hall–Kier alpha value is -2.38. The Balaban J connectivity index is 2.12. The average molecular weight is 388 g/mol. The summed E-state index contributed by atoms with van der Waals surface area (Å²) in [5, 5.41) is 2.77. The van der Waals surface area contributed by atoms with Crippen molar-refractivity contribution < 1.29 is 17.9 Å². The third-order valence-electron chi connectivity index (χ3n) is 4.93. The Morgan fingerprint density at radius 1 is 1.07 bits per heavy atom. The molecule has 7 heteroatoms. The molecule has 2 aromatic carbocycles. The van der Waals surface area contributed by atoms with E-state index in [2.05, 4.69) is 5.32 Å². The van der Waals surface area contributed by atoms with Gasteiger partial charge in [-0.15, -0.1) is 0 Å². The number of rotatable bonds is 4. The summed E-state index contributed by atoms with van der Waals surface area (Å²) in [6.45, 7) is 6.17. The molecule has 1 saturated heterocycles. The highest BCUT2D eigenvalue weighted by molar-refractivity contribution is 7.89. The lowest BCUT2D eigenvalue weighted by Gasteiger charge is -2.34. The van der Waals surface area contributed by atoms with E-state index in [4.69, 9.17) is 4.74 Å². The summed E-state index contributed by atoms with van der Waals surface area (Å²) < 4.78 is 33.6. The molecule has 0 aliphatic carbocycles. The number of carbonyl (C=O) groups excluding carboxylic acids is 1. The molecule has 0 bridgehead atoms. The van der Waals surface area contributed by atoms with Gasteiger partial charge in [0.05, 0.1) is 7.11 Å². The fourth-order valence-electron chi connectivity index (χ4n) is 3.22. The lowest BCUT2D eigenvalue weighted by molar-refractivity contribution is -0.126. The Kier molecular flexibility index (Phi) is 5.26. The first-order chi connectivity index (χ1) is 12.8. The average Bonchev–Trinajstić information content (AvgIpc) is 2.64. The van der Waals surface area contributed by atoms with Gasteiger partial charge in [-0.05, 0) is 49.6 Å². The Bertz CT molecular complexity index is 968. The van der Waals surface area contributed by atoms with E-state index in [1.54, 1.807) is 24.3 Å². The number of ether oxygens (including phenoxy) is 1. The molecule has 27 heavy (non-hydrogen) atoms. The summed E-state index contributed by atoms with van der Waals surface area (Å²) in [7, 11) is -2.49. The van der Waals surface area contributed by atoms with Crippen molar-refractivity contribution in [1.82, 2.24) is 9.62 Å². The molecular weight excluding hydrogens is 364 g/mol. The molecule has 6 nitrogen and oxygen atoms in total. The summed E-state index contributed by atoms with van der Waals surface area (Å²) >= 11 is 0. The van der Waals surface area contributed by atoms with E-state index >= 15 is 0 Å². The van der Waals surface area contributed by atoms with Crippen molar-refractivity contribution in [2.75, 3.05) is 20.2 Å². The molecular formula is C20H24N2O4S. The standard InChI is InChI=1S/C20H24N2O4S/c1-13-5-7-16(8-6-13)19-20(23)21-9-10-22(19)27(24,25)18-12-15(3)14(2)11-17(18)26-4/h5-8,11-12,19H,9-10H2,1-4H3,(H,21,23). The molecule has 3 rings (SSSR count). The molecule has 1 aliphatic heterocycles. The van der Waals surface area contributed by atoms with Gasteiger partial charge in [-0.25, -0.2) is 8.42 Å². The van der Waals surface area contributed by atoms with Crippen LogP contribution in [0, 0.1) is 20.8 Å². The number of nitrogens with one attached hydrogen (secondary N) is 1. The van der Waals surface area contributed by atoms with Gasteiger partial charge >= 0.3 is 0 Å². The number of carbonyl (C=O) groups is 1. The zero-order valence-corrected chi connectivity index (χ0v) is 16.8. The molecule has 0 aromatic heterocycles. The lowest BCUT2D eigenvalue weighted by atomic mass is 10.0. The third-order valence-corrected chi connectivity index (χ3v) is 6.81. The Labute approximate surface area is 160 Å². The molecule has 1 atom stereocenters. The van der Waals surface area contributed by atoms with Crippen LogP contribution < -0.4 is 10.1 Å². The number of sulfonamides is 1. The number of piperazine rings is 1. The van der Waals surface area contributed by atoms with Gasteiger partial charge in [0, 0.05) is 13.1 Å². The fraction of sp³-hybridized carbons (Fsp3) is 0.350. The van der Waals surface area contributed by atoms with Crippen LogP contribution in [0.5, 0.6) is 5.75 Å². The van der Waals surface area contributed by atoms with E-state index in [0.717, 1.165) is 16.7 Å². The van der Waals surface area contributed by atoms with Gasteiger partial charge in [0.15, 0.2) is 0 Å². The van der Waals surface area contributed by atoms with Crippen molar-refractivity contribution in [3.05, 3.63) is 58.7 Å². The van der Waals surface area contributed by atoms with Gasteiger partial charge in [0.2, 0.25) is 15.9 Å². The van der Waals surface area contributed by atoms with E-state index in [1.807, 2.05) is 32.9 Å². The normalized spacial score (nSPS) is 18.2. The second-order valence-electron chi connectivity index (χ2n) is 6.81. The van der Waals surface area contributed by atoms with Crippen LogP contribution in [-0.4, -0.2) is 38.8 Å². The van der Waals surface area contributed by atoms with E-state index < -0.39 is 16.1 Å². The zero-order valence-electron chi connectivity index (χ0n) is 15.9. The van der Waals surface area contributed by atoms with E-state index in [-0.39, 0.29) is 29.6 Å². The summed E-state index contributed by atoms with van der Waals surface area (Å²) in [6, 6.07) is 9.76. The SMILES string of the molecule is COc1cc(C)c(C)cc1S(=O)(=O)N1CCNC(=O)C1c1ccc(C)cc1. The predicted octanol–water partition coefficient (Wildman–Crippen LogP) is 2.48. The van der Waals surface area contributed by atoms with E-state index in [0.29, 0.717) is 5.56 Å². The maximum Gasteiger partial charge on any atom is 0.247 e. The highest BCUT2D eigenvalue weighted by Crippen LogP contribution is 2.35. The van der Waals surface area contributed by atoms with Crippen molar-refractivity contribution in [3.8, 4) is 5.75 Å². The minimum absolute atomic E-state index is 0.0833. The van der Waals surface area contributed by atoms with Gasteiger partial charge in [-0.3, -0.25) is 4.79 Å². The zero-order chi connectivity index (χ0) is 19.8. The monoisotopic (exact) mass is 388 g/mol. The lowest BCUT2D eigenvalue weighted by Crippen LogP contribution is -2.52. The maximum absolute atomic E-state index is 13.5. The molecule has 1 aliphatic rings. The molecule has 0 spiro atoms. The molecule has 144 valence electrons. The van der Waals surface area contributed by atoms with Crippen LogP contribution in [0.25, 0.3) is 0 Å². The van der Waals surface area contributed by atoms with Crippen molar-refractivity contribution >= 4 is 15.9 Å². The first kappa shape index (κ1) is 19.4. The molecule has 1 amide bonds. The molecule has 0 saturated carbocycles. The first-order valence-electron chi connectivity index (χ1n) is 8.77. The van der Waals surface area contributed by atoms with E-state index in [9.17, 15) is 13.2 Å². The first-order valence-corrected chi connectivity index (χ1v) is 10.2. The minimum Gasteiger partial charge on any atom is -0.495 e. The number of methoxy groups -OCH3 is 1. The van der Waals surface area contributed by atoms with Gasteiger partial charge in [-0.2, -0.15) is 4.31 Å². The highest BCUT2D eigenvalue weighted by Gasteiger charge is 2.40. The third kappa shape index (κ3) is 3.57. The van der Waals surface area contributed by atoms with Crippen molar-refractivity contribution in [3.63, 3.8) is 0 Å².